The number of halogens is 1. The number of nitro groups is 1. The van der Waals surface area contributed by atoms with Crippen molar-refractivity contribution in [2.45, 2.75) is 25.2 Å². The maximum Gasteiger partial charge on any atom is 0.270 e. The Hall–Kier alpha value is -2.60. The van der Waals surface area contributed by atoms with Gasteiger partial charge in [-0.15, -0.1) is 0 Å². The van der Waals surface area contributed by atoms with E-state index in [-0.39, 0.29) is 28.1 Å². The Morgan fingerprint density at radius 1 is 1.22 bits per heavy atom. The van der Waals surface area contributed by atoms with Gasteiger partial charge in [-0.05, 0) is 36.6 Å². The van der Waals surface area contributed by atoms with Gasteiger partial charge >= 0.3 is 0 Å². The molecule has 6 nitrogen and oxygen atoms in total. The van der Waals surface area contributed by atoms with E-state index in [4.69, 9.17) is 16.3 Å². The average molecular weight is 389 g/mol. The summed E-state index contributed by atoms with van der Waals surface area (Å²) in [7, 11) is 1.63. The number of hydrogen-bond donors (Lipinski definition) is 0. The fourth-order valence-electron chi connectivity index (χ4n) is 3.44. The molecule has 0 aromatic heterocycles. The lowest BCUT2D eigenvalue weighted by Crippen LogP contribution is -2.34. The lowest BCUT2D eigenvalue weighted by Gasteiger charge is -2.25. The largest absolute Gasteiger partial charge is 0.497 e. The molecule has 0 bridgehead atoms. The van der Waals surface area contributed by atoms with Gasteiger partial charge in [0.15, 0.2) is 0 Å². The van der Waals surface area contributed by atoms with Crippen molar-refractivity contribution in [3.8, 4) is 5.75 Å². The second kappa shape index (κ2) is 8.39. The van der Waals surface area contributed by atoms with Gasteiger partial charge < -0.3 is 9.64 Å². The minimum absolute atomic E-state index is 0.135. The van der Waals surface area contributed by atoms with Gasteiger partial charge in [0.1, 0.15) is 5.75 Å². The zero-order chi connectivity index (χ0) is 19.4. The number of methoxy groups -OCH3 is 1. The van der Waals surface area contributed by atoms with Gasteiger partial charge in [0.2, 0.25) is 0 Å². The minimum atomic E-state index is -0.518. The van der Waals surface area contributed by atoms with Crippen molar-refractivity contribution in [3.63, 3.8) is 0 Å². The van der Waals surface area contributed by atoms with E-state index in [1.165, 1.54) is 18.2 Å². The molecule has 2 aromatic carbocycles. The van der Waals surface area contributed by atoms with Gasteiger partial charge in [-0.2, -0.15) is 0 Å². The first kappa shape index (κ1) is 19.2. The summed E-state index contributed by atoms with van der Waals surface area (Å²) in [6.45, 7) is 1.18. The molecule has 0 aliphatic carbocycles. The first-order valence-electron chi connectivity index (χ1n) is 8.86. The van der Waals surface area contributed by atoms with Gasteiger partial charge in [0.05, 0.1) is 22.6 Å². The molecule has 0 radical (unpaired) electrons. The van der Waals surface area contributed by atoms with Crippen LogP contribution in [0.15, 0.2) is 42.5 Å². The smallest absolute Gasteiger partial charge is 0.270 e. The first-order chi connectivity index (χ1) is 13.0. The third-order valence-corrected chi connectivity index (χ3v) is 5.27. The summed E-state index contributed by atoms with van der Waals surface area (Å²) < 4.78 is 5.21. The summed E-state index contributed by atoms with van der Waals surface area (Å²) in [6, 6.07) is 11.9. The zero-order valence-electron chi connectivity index (χ0n) is 15.1. The molecular weight excluding hydrogens is 368 g/mol. The standard InChI is InChI=1S/C20H21ClN2O4/c1-27-17-8-5-14(6-9-17)15-4-2-3-11-22(13-15)20(24)18-12-16(23(25)26)7-10-19(18)21/h5-10,12,15H,2-4,11,13H2,1H3. The lowest BCUT2D eigenvalue weighted by atomic mass is 9.94. The predicted octanol–water partition coefficient (Wildman–Crippen LogP) is 4.67. The average Bonchev–Trinajstić information content (AvgIpc) is 2.94. The van der Waals surface area contributed by atoms with Crippen LogP contribution in [0.3, 0.4) is 0 Å². The Kier molecular flexibility index (Phi) is 5.96. The highest BCUT2D eigenvalue weighted by atomic mass is 35.5. The van der Waals surface area contributed by atoms with Gasteiger partial charge in [-0.1, -0.05) is 30.2 Å². The SMILES string of the molecule is COc1ccc(C2CCCCN(C(=O)c3cc([N+](=O)[O-])ccc3Cl)C2)cc1. The number of ether oxygens (including phenoxy) is 1. The maximum absolute atomic E-state index is 13.0. The molecule has 1 fully saturated rings. The molecule has 2 aromatic rings. The van der Waals surface area contributed by atoms with E-state index in [1.54, 1.807) is 12.0 Å². The number of nitro benzene ring substituents is 1. The molecular formula is C20H21ClN2O4. The van der Waals surface area contributed by atoms with Crippen LogP contribution < -0.4 is 4.74 Å². The second-order valence-electron chi connectivity index (χ2n) is 6.64. The molecule has 1 saturated heterocycles. The summed E-state index contributed by atoms with van der Waals surface area (Å²) in [4.78, 5) is 25.3. The topological polar surface area (TPSA) is 72.7 Å². The predicted molar refractivity (Wildman–Crippen MR) is 104 cm³/mol. The van der Waals surface area contributed by atoms with Crippen LogP contribution in [0, 0.1) is 10.1 Å². The molecule has 1 aliphatic rings. The summed E-state index contributed by atoms with van der Waals surface area (Å²) in [5.74, 6) is 0.743. The highest BCUT2D eigenvalue weighted by Gasteiger charge is 2.26. The van der Waals surface area contributed by atoms with Crippen molar-refractivity contribution in [2.75, 3.05) is 20.2 Å². The van der Waals surface area contributed by atoms with Crippen LogP contribution in [-0.2, 0) is 0 Å². The molecule has 1 heterocycles. The number of benzene rings is 2. The highest BCUT2D eigenvalue weighted by molar-refractivity contribution is 6.33. The van der Waals surface area contributed by atoms with Crippen LogP contribution >= 0.6 is 11.6 Å². The van der Waals surface area contributed by atoms with Gasteiger partial charge in [0, 0.05) is 31.1 Å². The van der Waals surface area contributed by atoms with Crippen molar-refractivity contribution in [3.05, 3.63) is 68.7 Å². The van der Waals surface area contributed by atoms with E-state index in [0.717, 1.165) is 30.6 Å². The normalized spacial score (nSPS) is 17.3. The molecule has 7 heteroatoms. The summed E-state index contributed by atoms with van der Waals surface area (Å²) in [6.07, 6.45) is 2.90. The minimum Gasteiger partial charge on any atom is -0.497 e. The van der Waals surface area contributed by atoms with Gasteiger partial charge in [-0.25, -0.2) is 0 Å². The van der Waals surface area contributed by atoms with Crippen molar-refractivity contribution in [1.29, 1.82) is 0 Å². The molecule has 0 N–H and O–H groups in total. The molecule has 0 spiro atoms. The number of carbonyl (C=O) groups excluding carboxylic acids is 1. The number of likely N-dealkylation sites (tertiary alicyclic amines) is 1. The molecule has 1 atom stereocenters. The van der Waals surface area contributed by atoms with Crippen LogP contribution in [0.1, 0.15) is 41.1 Å². The molecule has 1 amide bonds. The lowest BCUT2D eigenvalue weighted by molar-refractivity contribution is -0.384. The maximum atomic E-state index is 13.0. The number of amides is 1. The van der Waals surface area contributed by atoms with Crippen molar-refractivity contribution in [1.82, 2.24) is 4.90 Å². The number of hydrogen-bond acceptors (Lipinski definition) is 4. The van der Waals surface area contributed by atoms with E-state index in [2.05, 4.69) is 0 Å². The summed E-state index contributed by atoms with van der Waals surface area (Å²) >= 11 is 6.16. The molecule has 1 aliphatic heterocycles. The summed E-state index contributed by atoms with van der Waals surface area (Å²) in [5, 5.41) is 11.3. The molecule has 142 valence electrons. The van der Waals surface area contributed by atoms with Crippen molar-refractivity contribution in [2.24, 2.45) is 0 Å². The van der Waals surface area contributed by atoms with E-state index >= 15 is 0 Å². The quantitative estimate of drug-likeness (QED) is 0.563. The third-order valence-electron chi connectivity index (χ3n) is 4.94. The molecule has 3 rings (SSSR count). The molecule has 1 unspecified atom stereocenters. The Morgan fingerprint density at radius 2 is 1.96 bits per heavy atom. The van der Waals surface area contributed by atoms with E-state index in [0.29, 0.717) is 13.1 Å². The van der Waals surface area contributed by atoms with Gasteiger partial charge in [0.25, 0.3) is 11.6 Å². The number of non-ortho nitro benzene ring substituents is 1. The monoisotopic (exact) mass is 388 g/mol. The van der Waals surface area contributed by atoms with Gasteiger partial charge in [-0.3, -0.25) is 14.9 Å². The van der Waals surface area contributed by atoms with E-state index < -0.39 is 4.92 Å². The van der Waals surface area contributed by atoms with Crippen molar-refractivity contribution < 1.29 is 14.5 Å². The van der Waals surface area contributed by atoms with Crippen LogP contribution in [0.25, 0.3) is 0 Å². The number of rotatable bonds is 4. The molecule has 27 heavy (non-hydrogen) atoms. The fraction of sp³-hybridized carbons (Fsp3) is 0.350. The zero-order valence-corrected chi connectivity index (χ0v) is 15.8. The Labute approximate surface area is 162 Å². The molecule has 0 saturated carbocycles. The van der Waals surface area contributed by atoms with Crippen LogP contribution in [0.2, 0.25) is 5.02 Å². The van der Waals surface area contributed by atoms with Crippen LogP contribution in [0.4, 0.5) is 5.69 Å². The van der Waals surface area contributed by atoms with Crippen LogP contribution in [0.5, 0.6) is 5.75 Å². The first-order valence-corrected chi connectivity index (χ1v) is 9.24. The van der Waals surface area contributed by atoms with Crippen LogP contribution in [-0.4, -0.2) is 35.9 Å². The Morgan fingerprint density at radius 3 is 2.63 bits per heavy atom. The Bertz CT molecular complexity index is 838. The van der Waals surface area contributed by atoms with E-state index in [1.807, 2.05) is 24.3 Å². The Balaban J connectivity index is 1.83. The summed E-state index contributed by atoms with van der Waals surface area (Å²) in [5.41, 5.74) is 1.20. The van der Waals surface area contributed by atoms with E-state index in [9.17, 15) is 14.9 Å². The highest BCUT2D eigenvalue weighted by Crippen LogP contribution is 2.30. The van der Waals surface area contributed by atoms with Crippen molar-refractivity contribution >= 4 is 23.2 Å². The number of carbonyl (C=O) groups is 1. The second-order valence-corrected chi connectivity index (χ2v) is 7.05. The third kappa shape index (κ3) is 4.39. The number of nitrogens with zero attached hydrogens (tertiary/aromatic N) is 2. The fourth-order valence-corrected chi connectivity index (χ4v) is 3.63.